The smallest absolute Gasteiger partial charge is 0.143 e. The van der Waals surface area contributed by atoms with Crippen molar-refractivity contribution in [3.05, 3.63) is 374 Å². The third kappa shape index (κ3) is 8.62. The zero-order valence-electron chi connectivity index (χ0n) is 51.7. The van der Waals surface area contributed by atoms with Gasteiger partial charge in [0.2, 0.25) is 0 Å². The lowest BCUT2D eigenvalue weighted by atomic mass is 9.70. The maximum Gasteiger partial charge on any atom is 0.143 e. The molecule has 2 aliphatic rings. The van der Waals surface area contributed by atoms with E-state index in [1.165, 1.54) is 44.5 Å². The Bertz CT molecular complexity index is 5520. The van der Waals surface area contributed by atoms with Gasteiger partial charge in [-0.1, -0.05) is 273 Å². The molecule has 0 atom stereocenters. The minimum absolute atomic E-state index is 0.530. The molecule has 2 aliphatic carbocycles. The van der Waals surface area contributed by atoms with Gasteiger partial charge in [0.15, 0.2) is 0 Å². The molecule has 0 unspecified atom stereocenters. The first-order valence-corrected chi connectivity index (χ1v) is 32.6. The Hall–Kier alpha value is -12.5. The maximum atomic E-state index is 6.65. The molecular formula is C91H58N2O2. The Labute approximate surface area is 550 Å². The average Bonchev–Trinajstić information content (AvgIpc) is 1.51. The van der Waals surface area contributed by atoms with E-state index in [9.17, 15) is 0 Å². The number of fused-ring (bicyclic) bond motifs is 16. The quantitative estimate of drug-likeness (QED) is 0.129. The maximum absolute atomic E-state index is 6.65. The largest absolute Gasteiger partial charge is 0.455 e. The summed E-state index contributed by atoms with van der Waals surface area (Å²) in [6, 6.07) is 129. The molecular weight excluding hydrogens is 1150 g/mol. The minimum Gasteiger partial charge on any atom is -0.455 e. The summed E-state index contributed by atoms with van der Waals surface area (Å²) in [7, 11) is 0. The molecule has 19 rings (SSSR count). The fraction of sp³-hybridized carbons (Fsp3) is 0.0110. The van der Waals surface area contributed by atoms with Crippen molar-refractivity contribution in [2.45, 2.75) is 5.41 Å². The first-order chi connectivity index (χ1) is 47.1. The molecule has 95 heavy (non-hydrogen) atoms. The fourth-order valence-corrected chi connectivity index (χ4v) is 15.7. The van der Waals surface area contributed by atoms with Gasteiger partial charge in [-0.15, -0.1) is 0 Å². The van der Waals surface area contributed by atoms with E-state index in [0.29, 0.717) is 0 Å². The SMILES string of the molecule is c1ccc(-c2ccc(N(c3ccc(-c4cccc5c4oc4ccccc45)cc3)c3cc(-c4cccc5c4-c4ccccc4C54c5ccccc5-c5ccccc54)cc(N(c4ccc(-c5ccccc5)cc4)c4ccc(-c5cccc6c5oc5ccccc56)cc4)c3)cc2)cc1. The number of hydrogen-bond donors (Lipinski definition) is 0. The number of rotatable bonds is 11. The van der Waals surface area contributed by atoms with Gasteiger partial charge in [0.25, 0.3) is 0 Å². The highest BCUT2D eigenvalue weighted by molar-refractivity contribution is 6.11. The van der Waals surface area contributed by atoms with Crippen molar-refractivity contribution in [3.8, 4) is 77.9 Å². The van der Waals surface area contributed by atoms with E-state index >= 15 is 0 Å². The molecule has 0 aliphatic heterocycles. The van der Waals surface area contributed by atoms with Crippen molar-refractivity contribution in [1.29, 1.82) is 0 Å². The zero-order valence-corrected chi connectivity index (χ0v) is 51.7. The molecule has 1 spiro atoms. The van der Waals surface area contributed by atoms with E-state index in [0.717, 1.165) is 134 Å². The fourth-order valence-electron chi connectivity index (χ4n) is 15.7. The predicted molar refractivity (Wildman–Crippen MR) is 394 cm³/mol. The summed E-state index contributed by atoms with van der Waals surface area (Å²) in [6.45, 7) is 0. The molecule has 444 valence electrons. The first kappa shape index (κ1) is 54.3. The number of furan rings is 2. The Balaban J connectivity index is 0.852. The zero-order chi connectivity index (χ0) is 62.6. The first-order valence-electron chi connectivity index (χ1n) is 32.6. The van der Waals surface area contributed by atoms with Crippen LogP contribution < -0.4 is 9.80 Å². The molecule has 15 aromatic carbocycles. The lowest BCUT2D eigenvalue weighted by Crippen LogP contribution is -2.25. The third-order valence-electron chi connectivity index (χ3n) is 19.9. The van der Waals surface area contributed by atoms with Gasteiger partial charge < -0.3 is 18.6 Å². The second-order valence-electron chi connectivity index (χ2n) is 25.0. The summed E-state index contributed by atoms with van der Waals surface area (Å²) in [4.78, 5) is 4.87. The van der Waals surface area contributed by atoms with Crippen molar-refractivity contribution in [2.75, 3.05) is 9.80 Å². The summed E-state index contributed by atoms with van der Waals surface area (Å²) in [5, 5.41) is 4.43. The molecule has 0 radical (unpaired) electrons. The average molecular weight is 1210 g/mol. The highest BCUT2D eigenvalue weighted by Gasteiger charge is 2.52. The number of hydrogen-bond acceptors (Lipinski definition) is 4. The number of para-hydroxylation sites is 4. The van der Waals surface area contributed by atoms with Crippen LogP contribution in [0.5, 0.6) is 0 Å². The van der Waals surface area contributed by atoms with E-state index in [4.69, 9.17) is 8.83 Å². The van der Waals surface area contributed by atoms with Crippen molar-refractivity contribution in [3.63, 3.8) is 0 Å². The number of benzene rings is 15. The predicted octanol–water partition coefficient (Wildman–Crippen LogP) is 25.1. The monoisotopic (exact) mass is 1210 g/mol. The molecule has 0 amide bonds. The van der Waals surface area contributed by atoms with Crippen LogP contribution in [0, 0.1) is 0 Å². The van der Waals surface area contributed by atoms with Gasteiger partial charge in [0.05, 0.1) is 5.41 Å². The van der Waals surface area contributed by atoms with Gasteiger partial charge in [-0.05, 0) is 168 Å². The van der Waals surface area contributed by atoms with E-state index in [1.807, 2.05) is 12.1 Å². The Morgan fingerprint density at radius 1 is 0.200 bits per heavy atom. The van der Waals surface area contributed by atoms with Crippen LogP contribution in [-0.2, 0) is 5.41 Å². The third-order valence-corrected chi connectivity index (χ3v) is 19.9. The van der Waals surface area contributed by atoms with Gasteiger partial charge in [-0.25, -0.2) is 0 Å². The summed E-state index contributed by atoms with van der Waals surface area (Å²) in [5.41, 5.74) is 30.4. The van der Waals surface area contributed by atoms with Gasteiger partial charge >= 0.3 is 0 Å². The molecule has 4 heteroatoms. The van der Waals surface area contributed by atoms with Crippen LogP contribution in [0.4, 0.5) is 34.1 Å². The van der Waals surface area contributed by atoms with Crippen LogP contribution in [-0.4, -0.2) is 0 Å². The molecule has 0 saturated carbocycles. The van der Waals surface area contributed by atoms with Gasteiger partial charge in [-0.3, -0.25) is 0 Å². The van der Waals surface area contributed by atoms with E-state index in [2.05, 4.69) is 350 Å². The minimum atomic E-state index is -0.530. The topological polar surface area (TPSA) is 32.8 Å². The lowest BCUT2D eigenvalue weighted by molar-refractivity contribution is 0.669. The molecule has 0 saturated heterocycles. The molecule has 2 heterocycles. The van der Waals surface area contributed by atoms with Gasteiger partial charge in [0.1, 0.15) is 22.3 Å². The van der Waals surface area contributed by atoms with Crippen LogP contribution in [0.25, 0.3) is 122 Å². The molecule has 2 aromatic heterocycles. The highest BCUT2D eigenvalue weighted by Crippen LogP contribution is 2.64. The number of nitrogens with zero attached hydrogens (tertiary/aromatic N) is 2. The molecule has 0 N–H and O–H groups in total. The normalized spacial score (nSPS) is 12.5. The van der Waals surface area contributed by atoms with Crippen LogP contribution in [0.2, 0.25) is 0 Å². The van der Waals surface area contributed by atoms with Crippen LogP contribution in [0.15, 0.2) is 361 Å². The van der Waals surface area contributed by atoms with Crippen LogP contribution >= 0.6 is 0 Å². The summed E-state index contributed by atoms with van der Waals surface area (Å²) < 4.78 is 13.3. The second-order valence-corrected chi connectivity index (χ2v) is 25.0. The van der Waals surface area contributed by atoms with Gasteiger partial charge in [0, 0.05) is 66.8 Å². The molecule has 0 fully saturated rings. The molecule has 17 aromatic rings. The second kappa shape index (κ2) is 21.8. The van der Waals surface area contributed by atoms with Gasteiger partial charge in [-0.2, -0.15) is 0 Å². The standard InChI is InChI=1S/C91H58N2O2/c1-3-20-59(21-4-1)61-40-48-66(49-41-61)92(68-52-44-63(45-53-68)73-30-17-32-79-77-26-10-15-38-86(77)94-89(73)79)70-56-65(72-29-19-37-85-88(72)81-28-9-14-36-84(81)91(85)82-34-12-7-24-75(82)76-25-8-13-35-83(76)91)57-71(58-70)93(67-50-42-62(43-51-67)60-22-5-2-6-23-60)69-54-46-64(47-55-69)74-31-18-33-80-78-27-11-16-39-87(78)95-90(74)80/h1-58H. The molecule has 4 nitrogen and oxygen atoms in total. The molecule has 0 bridgehead atoms. The van der Waals surface area contributed by atoms with Crippen molar-refractivity contribution in [1.82, 2.24) is 0 Å². The highest BCUT2D eigenvalue weighted by atomic mass is 16.3. The van der Waals surface area contributed by atoms with Crippen molar-refractivity contribution < 1.29 is 8.83 Å². The van der Waals surface area contributed by atoms with E-state index in [-0.39, 0.29) is 0 Å². The summed E-state index contributed by atoms with van der Waals surface area (Å²) in [6.07, 6.45) is 0. The van der Waals surface area contributed by atoms with E-state index in [1.54, 1.807) is 0 Å². The van der Waals surface area contributed by atoms with E-state index < -0.39 is 5.41 Å². The number of anilines is 6. The van der Waals surface area contributed by atoms with Crippen molar-refractivity contribution >= 4 is 78.0 Å². The Morgan fingerprint density at radius 3 is 0.989 bits per heavy atom. The Morgan fingerprint density at radius 2 is 0.526 bits per heavy atom. The summed E-state index contributed by atoms with van der Waals surface area (Å²) >= 11 is 0. The van der Waals surface area contributed by atoms with Crippen molar-refractivity contribution in [2.24, 2.45) is 0 Å². The summed E-state index contributed by atoms with van der Waals surface area (Å²) in [5.74, 6) is 0. The Kier molecular flexibility index (Phi) is 12.5. The van der Waals surface area contributed by atoms with Crippen LogP contribution in [0.1, 0.15) is 22.3 Å². The lowest BCUT2D eigenvalue weighted by Gasteiger charge is -2.31. The van der Waals surface area contributed by atoms with Crippen LogP contribution in [0.3, 0.4) is 0 Å².